The monoisotopic (exact) mass is 668 g/mol. The maximum absolute atomic E-state index is 6.04. The maximum atomic E-state index is 6.04. The lowest BCUT2D eigenvalue weighted by atomic mass is 9.90. The number of hydrogen-bond donors (Lipinski definition) is 0. The van der Waals surface area contributed by atoms with Crippen LogP contribution in [0.3, 0.4) is 0 Å². The van der Waals surface area contributed by atoms with E-state index in [-0.39, 0.29) is 0 Å². The Morgan fingerprint density at radius 3 is 1.23 bits per heavy atom. The van der Waals surface area contributed by atoms with Crippen molar-refractivity contribution in [2.24, 2.45) is 0 Å². The number of benzene rings is 8. The van der Waals surface area contributed by atoms with Gasteiger partial charge >= 0.3 is 0 Å². The van der Waals surface area contributed by atoms with Gasteiger partial charge in [0.1, 0.15) is 11.5 Å². The molecule has 0 N–H and O–H groups in total. The quantitative estimate of drug-likeness (QED) is 0.171. The van der Waals surface area contributed by atoms with E-state index in [0.717, 1.165) is 88.5 Å². The van der Waals surface area contributed by atoms with Crippen LogP contribution in [0, 0.1) is 0 Å². The molecule has 0 saturated carbocycles. The summed E-state index contributed by atoms with van der Waals surface area (Å²) in [5.41, 5.74) is 7.96. The molecular formula is C48H32N2O2. The topological polar surface area (TPSA) is 44.2 Å². The summed E-state index contributed by atoms with van der Waals surface area (Å²) >= 11 is 0. The first-order valence-corrected chi connectivity index (χ1v) is 17.5. The van der Waals surface area contributed by atoms with Crippen LogP contribution >= 0.6 is 0 Å². The zero-order chi connectivity index (χ0) is 34.8. The Labute approximate surface area is 300 Å². The summed E-state index contributed by atoms with van der Waals surface area (Å²) in [6.45, 7) is 0. The summed E-state index contributed by atoms with van der Waals surface area (Å²) in [5, 5.41) is 11.5. The second-order valence-corrected chi connectivity index (χ2v) is 13.3. The number of methoxy groups -OCH3 is 2. The molecule has 0 aliphatic carbocycles. The van der Waals surface area contributed by atoms with Crippen molar-refractivity contribution in [2.45, 2.75) is 0 Å². The van der Waals surface area contributed by atoms with E-state index in [0.29, 0.717) is 0 Å². The minimum absolute atomic E-state index is 0.786. The molecule has 0 aliphatic rings. The average Bonchev–Trinajstić information content (AvgIpc) is 3.21. The molecule has 0 unspecified atom stereocenters. The van der Waals surface area contributed by atoms with E-state index in [4.69, 9.17) is 19.4 Å². The fourth-order valence-corrected chi connectivity index (χ4v) is 7.89. The van der Waals surface area contributed by atoms with Crippen molar-refractivity contribution >= 4 is 64.9 Å². The molecule has 52 heavy (non-hydrogen) atoms. The minimum atomic E-state index is 0.786. The summed E-state index contributed by atoms with van der Waals surface area (Å²) in [5.74, 6) is 1.57. The van der Waals surface area contributed by atoms with E-state index in [1.807, 2.05) is 0 Å². The van der Waals surface area contributed by atoms with Crippen molar-refractivity contribution in [3.05, 3.63) is 158 Å². The highest BCUT2D eigenvalue weighted by molar-refractivity contribution is 6.12. The summed E-state index contributed by atoms with van der Waals surface area (Å²) < 4.78 is 12.1. The molecule has 10 aromatic rings. The van der Waals surface area contributed by atoms with Crippen LogP contribution < -0.4 is 9.47 Å². The van der Waals surface area contributed by atoms with Gasteiger partial charge in [-0.1, -0.05) is 109 Å². The zero-order valence-corrected chi connectivity index (χ0v) is 28.7. The Morgan fingerprint density at radius 1 is 0.346 bits per heavy atom. The van der Waals surface area contributed by atoms with Crippen LogP contribution in [0.4, 0.5) is 0 Å². The van der Waals surface area contributed by atoms with E-state index in [2.05, 4.69) is 158 Å². The van der Waals surface area contributed by atoms with Crippen LogP contribution in [-0.2, 0) is 0 Å². The second-order valence-electron chi connectivity index (χ2n) is 13.3. The number of fused-ring (bicyclic) bond motifs is 8. The molecule has 0 amide bonds. The lowest BCUT2D eigenvalue weighted by Gasteiger charge is -2.18. The highest BCUT2D eigenvalue weighted by Crippen LogP contribution is 2.46. The SMILES string of the molecule is COc1ccc2cc(-c3ccc4c(ccc5ccccc54)n3)ccc2c1-c1c(OC)ccc2cc(-c3ccc4c(ccc5ccccc54)n3)ccc12. The molecule has 4 heteroatoms. The molecule has 2 heterocycles. The van der Waals surface area contributed by atoms with E-state index in [1.165, 1.54) is 21.5 Å². The lowest BCUT2D eigenvalue weighted by molar-refractivity contribution is 0.411. The van der Waals surface area contributed by atoms with Gasteiger partial charge in [-0.15, -0.1) is 0 Å². The van der Waals surface area contributed by atoms with Gasteiger partial charge in [0, 0.05) is 33.0 Å². The zero-order valence-electron chi connectivity index (χ0n) is 28.7. The molecule has 2 aromatic heterocycles. The molecule has 0 radical (unpaired) electrons. The van der Waals surface area contributed by atoms with Crippen LogP contribution in [0.15, 0.2) is 158 Å². The largest absolute Gasteiger partial charge is 0.496 e. The molecule has 0 fully saturated rings. The van der Waals surface area contributed by atoms with Gasteiger partial charge in [0.25, 0.3) is 0 Å². The molecule has 10 rings (SSSR count). The first-order chi connectivity index (χ1) is 25.7. The molecular weight excluding hydrogens is 637 g/mol. The van der Waals surface area contributed by atoms with Gasteiger partial charge in [-0.2, -0.15) is 0 Å². The summed E-state index contributed by atoms with van der Waals surface area (Å²) in [6, 6.07) is 55.5. The van der Waals surface area contributed by atoms with E-state index in [1.54, 1.807) is 14.2 Å². The summed E-state index contributed by atoms with van der Waals surface area (Å²) in [4.78, 5) is 10.2. The molecule has 0 spiro atoms. The third-order valence-electron chi connectivity index (χ3n) is 10.4. The number of nitrogens with zero attached hydrogens (tertiary/aromatic N) is 2. The van der Waals surface area contributed by atoms with Crippen molar-refractivity contribution in [3.8, 4) is 45.1 Å². The van der Waals surface area contributed by atoms with Crippen LogP contribution in [-0.4, -0.2) is 24.2 Å². The van der Waals surface area contributed by atoms with Gasteiger partial charge in [-0.3, -0.25) is 0 Å². The molecule has 0 atom stereocenters. The first-order valence-electron chi connectivity index (χ1n) is 17.5. The van der Waals surface area contributed by atoms with Gasteiger partial charge in [0.15, 0.2) is 0 Å². The van der Waals surface area contributed by atoms with Crippen molar-refractivity contribution in [1.29, 1.82) is 0 Å². The molecule has 4 nitrogen and oxygen atoms in total. The summed E-state index contributed by atoms with van der Waals surface area (Å²) in [6.07, 6.45) is 0. The van der Waals surface area contributed by atoms with Crippen LogP contribution in [0.5, 0.6) is 11.5 Å². The molecule has 8 aromatic carbocycles. The number of rotatable bonds is 5. The van der Waals surface area contributed by atoms with Gasteiger partial charge in [0.05, 0.1) is 36.6 Å². The standard InChI is InChI=1S/C48H32N2O2/c1-51-45-25-15-31-27-33(41-23-19-39-35-9-5-3-7-29(35)13-21-43(39)49-41)11-17-37(31)47(45)48-38-18-12-34(28-32(38)16-26-46(48)52-2)42-24-20-40-36-10-6-4-8-30(36)14-22-44(40)50-42/h3-28H,1-2H3. The number of ether oxygens (including phenoxy) is 2. The molecule has 0 bridgehead atoms. The maximum Gasteiger partial charge on any atom is 0.127 e. The van der Waals surface area contributed by atoms with E-state index >= 15 is 0 Å². The van der Waals surface area contributed by atoms with Crippen LogP contribution in [0.2, 0.25) is 0 Å². The van der Waals surface area contributed by atoms with Gasteiger partial charge in [0.2, 0.25) is 0 Å². The fourth-order valence-electron chi connectivity index (χ4n) is 7.89. The Balaban J connectivity index is 1.10. The van der Waals surface area contributed by atoms with Crippen molar-refractivity contribution < 1.29 is 9.47 Å². The van der Waals surface area contributed by atoms with Crippen LogP contribution in [0.25, 0.3) is 98.5 Å². The molecule has 246 valence electrons. The number of pyridine rings is 2. The van der Waals surface area contributed by atoms with Gasteiger partial charge in [-0.25, -0.2) is 9.97 Å². The molecule has 0 aliphatic heterocycles. The lowest BCUT2D eigenvalue weighted by Crippen LogP contribution is -1.95. The first kappa shape index (κ1) is 30.1. The Hall–Kier alpha value is -6.78. The predicted octanol–water partition coefficient (Wildman–Crippen LogP) is 12.4. The molecule has 0 saturated heterocycles. The van der Waals surface area contributed by atoms with Crippen molar-refractivity contribution in [2.75, 3.05) is 14.2 Å². The van der Waals surface area contributed by atoms with Crippen LogP contribution in [0.1, 0.15) is 0 Å². The van der Waals surface area contributed by atoms with Crippen molar-refractivity contribution in [3.63, 3.8) is 0 Å². The fraction of sp³-hybridized carbons (Fsp3) is 0.0417. The average molecular weight is 669 g/mol. The third kappa shape index (κ3) is 4.76. The normalized spacial score (nSPS) is 11.7. The smallest absolute Gasteiger partial charge is 0.127 e. The Morgan fingerprint density at radius 2 is 0.769 bits per heavy atom. The van der Waals surface area contributed by atoms with Gasteiger partial charge < -0.3 is 9.47 Å². The Bertz CT molecular complexity index is 2850. The predicted molar refractivity (Wildman–Crippen MR) is 216 cm³/mol. The Kier molecular flexibility index (Phi) is 6.90. The van der Waals surface area contributed by atoms with E-state index in [9.17, 15) is 0 Å². The third-order valence-corrected chi connectivity index (χ3v) is 10.4. The number of hydrogen-bond acceptors (Lipinski definition) is 4. The van der Waals surface area contributed by atoms with E-state index < -0.39 is 0 Å². The summed E-state index contributed by atoms with van der Waals surface area (Å²) in [7, 11) is 3.46. The van der Waals surface area contributed by atoms with Gasteiger partial charge in [-0.05, 0) is 91.6 Å². The number of aromatic nitrogens is 2. The highest BCUT2D eigenvalue weighted by Gasteiger charge is 2.20. The minimum Gasteiger partial charge on any atom is -0.496 e. The highest BCUT2D eigenvalue weighted by atomic mass is 16.5. The second kappa shape index (κ2) is 11.9. The van der Waals surface area contributed by atoms with Crippen molar-refractivity contribution in [1.82, 2.24) is 9.97 Å².